The molecule has 5 nitrogen and oxygen atoms in total. The molecule has 1 aromatic rings. The van der Waals surface area contributed by atoms with Gasteiger partial charge in [-0.1, -0.05) is 0 Å². The van der Waals surface area contributed by atoms with E-state index in [1.165, 1.54) is 6.07 Å². The molecule has 0 atom stereocenters. The minimum atomic E-state index is -4.90. The molecule has 1 aromatic carbocycles. The normalized spacial score (nSPS) is 11.5. The number of halogens is 3. The maximum atomic E-state index is 12.1. The van der Waals surface area contributed by atoms with Crippen LogP contribution in [-0.4, -0.2) is 18.1 Å². The standard InChI is InChI=1S/C13H13F3N2O3/c1-12(2,3)21-11(19)18-9-4-5-10(8(6-9)7-17)20-13(14,15)16/h4-6H,1-3H3,(H,18,19). The second kappa shape index (κ2) is 5.91. The zero-order valence-corrected chi connectivity index (χ0v) is 11.5. The monoisotopic (exact) mass is 302 g/mol. The van der Waals surface area contributed by atoms with Gasteiger partial charge in [0.25, 0.3) is 0 Å². The van der Waals surface area contributed by atoms with Crippen LogP contribution < -0.4 is 10.1 Å². The largest absolute Gasteiger partial charge is 0.573 e. The lowest BCUT2D eigenvalue weighted by molar-refractivity contribution is -0.274. The van der Waals surface area contributed by atoms with Crippen LogP contribution in [0.15, 0.2) is 18.2 Å². The van der Waals surface area contributed by atoms with Crippen molar-refractivity contribution in [3.63, 3.8) is 0 Å². The molecule has 0 aliphatic rings. The first-order valence-corrected chi connectivity index (χ1v) is 5.80. The molecule has 0 aliphatic heterocycles. The molecule has 0 bridgehead atoms. The SMILES string of the molecule is CC(C)(C)OC(=O)Nc1ccc(OC(F)(F)F)c(C#N)c1. The fourth-order valence-electron chi connectivity index (χ4n) is 1.33. The summed E-state index contributed by atoms with van der Waals surface area (Å²) >= 11 is 0. The smallest absolute Gasteiger partial charge is 0.444 e. The fraction of sp³-hybridized carbons (Fsp3) is 0.385. The minimum Gasteiger partial charge on any atom is -0.444 e. The number of ether oxygens (including phenoxy) is 2. The highest BCUT2D eigenvalue weighted by Gasteiger charge is 2.32. The molecule has 0 unspecified atom stereocenters. The van der Waals surface area contributed by atoms with Crippen LogP contribution in [0.25, 0.3) is 0 Å². The van der Waals surface area contributed by atoms with E-state index in [0.717, 1.165) is 12.1 Å². The molecule has 0 aromatic heterocycles. The molecule has 114 valence electrons. The van der Waals surface area contributed by atoms with Gasteiger partial charge in [-0.15, -0.1) is 13.2 Å². The Morgan fingerprint density at radius 1 is 1.29 bits per heavy atom. The average molecular weight is 302 g/mol. The van der Waals surface area contributed by atoms with Gasteiger partial charge >= 0.3 is 12.5 Å². The molecular weight excluding hydrogens is 289 g/mol. The molecule has 0 aliphatic carbocycles. The summed E-state index contributed by atoms with van der Waals surface area (Å²) in [5.74, 6) is -0.639. The highest BCUT2D eigenvalue weighted by molar-refractivity contribution is 5.85. The molecule has 0 fully saturated rings. The highest BCUT2D eigenvalue weighted by atomic mass is 19.4. The van der Waals surface area contributed by atoms with E-state index in [-0.39, 0.29) is 11.3 Å². The number of nitrogens with one attached hydrogen (secondary N) is 1. The van der Waals surface area contributed by atoms with Crippen molar-refractivity contribution in [1.29, 1.82) is 5.26 Å². The number of rotatable bonds is 2. The van der Waals surface area contributed by atoms with Crippen LogP contribution in [0, 0.1) is 11.3 Å². The Balaban J connectivity index is 2.88. The third-order valence-electron chi connectivity index (χ3n) is 1.97. The van der Waals surface area contributed by atoms with Crippen molar-refractivity contribution < 1.29 is 27.4 Å². The first-order chi connectivity index (χ1) is 9.50. The molecule has 1 amide bonds. The van der Waals surface area contributed by atoms with Gasteiger partial charge in [-0.25, -0.2) is 4.79 Å². The first kappa shape index (κ1) is 16.6. The average Bonchev–Trinajstić information content (AvgIpc) is 2.26. The van der Waals surface area contributed by atoms with E-state index in [1.807, 2.05) is 0 Å². The molecule has 1 N–H and O–H groups in total. The number of carbonyl (C=O) groups excluding carboxylic acids is 1. The number of alkyl halides is 3. The maximum absolute atomic E-state index is 12.1. The number of hydrogen-bond acceptors (Lipinski definition) is 4. The van der Waals surface area contributed by atoms with Crippen molar-refractivity contribution in [2.24, 2.45) is 0 Å². The Morgan fingerprint density at radius 2 is 1.90 bits per heavy atom. The number of anilines is 1. The second-order valence-corrected chi connectivity index (χ2v) is 5.00. The summed E-state index contributed by atoms with van der Waals surface area (Å²) in [5.41, 5.74) is -0.960. The van der Waals surface area contributed by atoms with E-state index >= 15 is 0 Å². The van der Waals surface area contributed by atoms with Crippen LogP contribution in [0.5, 0.6) is 5.75 Å². The Hall–Kier alpha value is -2.43. The third-order valence-corrected chi connectivity index (χ3v) is 1.97. The molecule has 0 heterocycles. The van der Waals surface area contributed by atoms with Gasteiger partial charge in [-0.05, 0) is 39.0 Å². The van der Waals surface area contributed by atoms with Gasteiger partial charge < -0.3 is 9.47 Å². The quantitative estimate of drug-likeness (QED) is 0.902. The topological polar surface area (TPSA) is 71.3 Å². The van der Waals surface area contributed by atoms with Gasteiger partial charge in [-0.2, -0.15) is 5.26 Å². The number of amides is 1. The molecule has 0 spiro atoms. The van der Waals surface area contributed by atoms with Crippen molar-refractivity contribution in [1.82, 2.24) is 0 Å². The molecule has 0 saturated carbocycles. The molecule has 21 heavy (non-hydrogen) atoms. The van der Waals surface area contributed by atoms with Gasteiger partial charge in [0.15, 0.2) is 0 Å². The van der Waals surface area contributed by atoms with Crippen LogP contribution in [0.4, 0.5) is 23.7 Å². The van der Waals surface area contributed by atoms with E-state index in [9.17, 15) is 18.0 Å². The van der Waals surface area contributed by atoms with E-state index < -0.39 is 23.8 Å². The summed E-state index contributed by atoms with van der Waals surface area (Å²) in [7, 11) is 0. The number of hydrogen-bond donors (Lipinski definition) is 1. The van der Waals surface area contributed by atoms with Gasteiger partial charge in [0.05, 0.1) is 5.56 Å². The summed E-state index contributed by atoms with van der Waals surface area (Å²) in [6.45, 7) is 4.98. The van der Waals surface area contributed by atoms with Crippen molar-refractivity contribution in [2.75, 3.05) is 5.32 Å². The van der Waals surface area contributed by atoms with Crippen LogP contribution in [0.2, 0.25) is 0 Å². The highest BCUT2D eigenvalue weighted by Crippen LogP contribution is 2.28. The predicted octanol–water partition coefficient (Wildman–Crippen LogP) is 3.80. The van der Waals surface area contributed by atoms with Crippen molar-refractivity contribution >= 4 is 11.8 Å². The summed E-state index contributed by atoms with van der Waals surface area (Å²) in [4.78, 5) is 11.5. The van der Waals surface area contributed by atoms with Crippen LogP contribution >= 0.6 is 0 Å². The van der Waals surface area contributed by atoms with Crippen LogP contribution in [-0.2, 0) is 4.74 Å². The minimum absolute atomic E-state index is 0.121. The summed E-state index contributed by atoms with van der Waals surface area (Å²) < 4.78 is 45.1. The molecule has 8 heteroatoms. The first-order valence-electron chi connectivity index (χ1n) is 5.80. The molecule has 0 radical (unpaired) electrons. The summed E-state index contributed by atoms with van der Waals surface area (Å²) in [5, 5.41) is 11.1. The Morgan fingerprint density at radius 3 is 2.38 bits per heavy atom. The zero-order chi connectivity index (χ0) is 16.3. The van der Waals surface area contributed by atoms with E-state index in [4.69, 9.17) is 10.00 Å². The Labute approximate surface area is 119 Å². The number of nitrogens with zero attached hydrogens (tertiary/aromatic N) is 1. The predicted molar refractivity (Wildman–Crippen MR) is 67.7 cm³/mol. The van der Waals surface area contributed by atoms with E-state index in [0.29, 0.717) is 0 Å². The molecule has 1 rings (SSSR count). The zero-order valence-electron chi connectivity index (χ0n) is 11.5. The molecule has 0 saturated heterocycles. The van der Waals surface area contributed by atoms with Gasteiger partial charge in [-0.3, -0.25) is 5.32 Å². The van der Waals surface area contributed by atoms with Crippen molar-refractivity contribution in [3.8, 4) is 11.8 Å². The van der Waals surface area contributed by atoms with E-state index in [2.05, 4.69) is 10.1 Å². The number of benzene rings is 1. The van der Waals surface area contributed by atoms with Gasteiger partial charge in [0.2, 0.25) is 0 Å². The van der Waals surface area contributed by atoms with E-state index in [1.54, 1.807) is 26.8 Å². The maximum Gasteiger partial charge on any atom is 0.573 e. The van der Waals surface area contributed by atoms with Crippen molar-refractivity contribution in [2.45, 2.75) is 32.7 Å². The lowest BCUT2D eigenvalue weighted by Crippen LogP contribution is -2.27. The van der Waals surface area contributed by atoms with Gasteiger partial charge in [0, 0.05) is 5.69 Å². The Bertz CT molecular complexity index is 571. The molecular formula is C13H13F3N2O3. The number of carbonyl (C=O) groups is 1. The van der Waals surface area contributed by atoms with Gasteiger partial charge in [0.1, 0.15) is 17.4 Å². The lowest BCUT2D eigenvalue weighted by Gasteiger charge is -2.19. The second-order valence-electron chi connectivity index (χ2n) is 5.00. The Kier molecular flexibility index (Phi) is 4.68. The van der Waals surface area contributed by atoms with Crippen LogP contribution in [0.3, 0.4) is 0 Å². The lowest BCUT2D eigenvalue weighted by atomic mass is 10.2. The van der Waals surface area contributed by atoms with Crippen molar-refractivity contribution in [3.05, 3.63) is 23.8 Å². The summed E-state index contributed by atoms with van der Waals surface area (Å²) in [6.07, 6.45) is -5.68. The summed E-state index contributed by atoms with van der Waals surface area (Å²) in [6, 6.07) is 4.74. The number of nitriles is 1. The fourth-order valence-corrected chi connectivity index (χ4v) is 1.33. The van der Waals surface area contributed by atoms with Crippen LogP contribution in [0.1, 0.15) is 26.3 Å². The third kappa shape index (κ3) is 6.03.